The van der Waals surface area contributed by atoms with E-state index in [1.54, 1.807) is 19.5 Å². The number of amides is 1. The Morgan fingerprint density at radius 1 is 1.33 bits per heavy atom. The van der Waals surface area contributed by atoms with Gasteiger partial charge >= 0.3 is 0 Å². The number of nitrogens with zero attached hydrogens (tertiary/aromatic N) is 4. The smallest absolute Gasteiger partial charge is 0.234 e. The van der Waals surface area contributed by atoms with Gasteiger partial charge in [0.15, 0.2) is 0 Å². The van der Waals surface area contributed by atoms with Gasteiger partial charge in [-0.15, -0.1) is 0 Å². The zero-order valence-electron chi connectivity index (χ0n) is 12.7. The topological polar surface area (TPSA) is 70.6 Å². The Morgan fingerprint density at radius 2 is 2.00 bits per heavy atom. The largest absolute Gasteiger partial charge is 0.383 e. The summed E-state index contributed by atoms with van der Waals surface area (Å²) in [4.78, 5) is 24.7. The number of nitrogens with one attached hydrogen (secondary N) is 1. The summed E-state index contributed by atoms with van der Waals surface area (Å²) >= 11 is 0. The standard InChI is InChI=1S/C14H23N5O2/c1-12(11-21-2)17-13(20)10-18-6-8-19(9-7-18)14-15-4-3-5-16-14/h3-5,12H,6-11H2,1-2H3,(H,17,20). The van der Waals surface area contributed by atoms with Crippen LogP contribution in [0.25, 0.3) is 0 Å². The van der Waals surface area contributed by atoms with Crippen LogP contribution in [0, 0.1) is 0 Å². The maximum atomic E-state index is 11.9. The number of anilines is 1. The number of ether oxygens (including phenoxy) is 1. The lowest BCUT2D eigenvalue weighted by Gasteiger charge is -2.34. The van der Waals surface area contributed by atoms with Crippen LogP contribution in [0.15, 0.2) is 18.5 Å². The third-order valence-corrected chi connectivity index (χ3v) is 3.40. The van der Waals surface area contributed by atoms with Crippen LogP contribution >= 0.6 is 0 Å². The summed E-state index contributed by atoms with van der Waals surface area (Å²) < 4.78 is 5.01. The number of rotatable bonds is 6. The summed E-state index contributed by atoms with van der Waals surface area (Å²) in [6, 6.07) is 1.85. The molecule has 1 aromatic heterocycles. The Kier molecular flexibility index (Phi) is 5.89. The molecule has 1 aliphatic heterocycles. The molecule has 0 aliphatic carbocycles. The predicted molar refractivity (Wildman–Crippen MR) is 80.2 cm³/mol. The van der Waals surface area contributed by atoms with Gasteiger partial charge in [0.25, 0.3) is 0 Å². The van der Waals surface area contributed by atoms with E-state index >= 15 is 0 Å². The summed E-state index contributed by atoms with van der Waals surface area (Å²) in [5.74, 6) is 0.805. The average Bonchev–Trinajstić information content (AvgIpc) is 2.49. The van der Waals surface area contributed by atoms with Crippen LogP contribution in [0.5, 0.6) is 0 Å². The van der Waals surface area contributed by atoms with Crippen molar-refractivity contribution in [3.8, 4) is 0 Å². The van der Waals surface area contributed by atoms with E-state index in [9.17, 15) is 4.79 Å². The van der Waals surface area contributed by atoms with Gasteiger partial charge in [0, 0.05) is 51.7 Å². The van der Waals surface area contributed by atoms with E-state index in [0.717, 1.165) is 32.1 Å². The fourth-order valence-electron chi connectivity index (χ4n) is 2.38. The van der Waals surface area contributed by atoms with Crippen molar-refractivity contribution >= 4 is 11.9 Å². The molecule has 1 N–H and O–H groups in total. The molecule has 7 nitrogen and oxygen atoms in total. The van der Waals surface area contributed by atoms with Crippen LogP contribution in [0.4, 0.5) is 5.95 Å². The average molecular weight is 293 g/mol. The highest BCUT2D eigenvalue weighted by atomic mass is 16.5. The van der Waals surface area contributed by atoms with Gasteiger partial charge in [0.05, 0.1) is 13.2 Å². The highest BCUT2D eigenvalue weighted by molar-refractivity contribution is 5.78. The molecule has 1 atom stereocenters. The molecule has 0 saturated carbocycles. The van der Waals surface area contributed by atoms with Gasteiger partial charge in [0.2, 0.25) is 11.9 Å². The van der Waals surface area contributed by atoms with Crippen molar-refractivity contribution in [1.82, 2.24) is 20.2 Å². The van der Waals surface area contributed by atoms with Gasteiger partial charge in [-0.05, 0) is 13.0 Å². The maximum absolute atomic E-state index is 11.9. The first kappa shape index (κ1) is 15.7. The lowest BCUT2D eigenvalue weighted by Crippen LogP contribution is -2.51. The molecule has 1 unspecified atom stereocenters. The van der Waals surface area contributed by atoms with Gasteiger partial charge in [-0.1, -0.05) is 0 Å². The Bertz CT molecular complexity index is 434. The van der Waals surface area contributed by atoms with Gasteiger partial charge in [0.1, 0.15) is 0 Å². The minimum absolute atomic E-state index is 0.0431. The van der Waals surface area contributed by atoms with Crippen LogP contribution in [-0.4, -0.2) is 73.3 Å². The number of carbonyl (C=O) groups is 1. The second-order valence-electron chi connectivity index (χ2n) is 5.24. The Hall–Kier alpha value is -1.73. The summed E-state index contributed by atoms with van der Waals surface area (Å²) in [7, 11) is 1.63. The highest BCUT2D eigenvalue weighted by Gasteiger charge is 2.20. The van der Waals surface area contributed by atoms with Crippen molar-refractivity contribution in [2.24, 2.45) is 0 Å². The van der Waals surface area contributed by atoms with Crippen molar-refractivity contribution in [3.63, 3.8) is 0 Å². The van der Waals surface area contributed by atoms with Crippen LogP contribution < -0.4 is 10.2 Å². The minimum atomic E-state index is 0.0431. The quantitative estimate of drug-likeness (QED) is 0.780. The molecule has 2 rings (SSSR count). The monoisotopic (exact) mass is 293 g/mol. The van der Waals surface area contributed by atoms with Gasteiger partial charge in [-0.25, -0.2) is 9.97 Å². The van der Waals surface area contributed by atoms with E-state index in [4.69, 9.17) is 4.74 Å². The van der Waals surface area contributed by atoms with E-state index in [0.29, 0.717) is 13.2 Å². The molecule has 1 amide bonds. The fourth-order valence-corrected chi connectivity index (χ4v) is 2.38. The second-order valence-corrected chi connectivity index (χ2v) is 5.24. The molecule has 21 heavy (non-hydrogen) atoms. The van der Waals surface area contributed by atoms with E-state index in [1.807, 2.05) is 13.0 Å². The van der Waals surface area contributed by atoms with Crippen molar-refractivity contribution in [2.75, 3.05) is 51.3 Å². The Morgan fingerprint density at radius 3 is 2.62 bits per heavy atom. The Labute approximate surface area is 125 Å². The molecule has 1 saturated heterocycles. The predicted octanol–water partition coefficient (Wildman–Crippen LogP) is -0.250. The molecule has 2 heterocycles. The van der Waals surface area contributed by atoms with E-state index in [2.05, 4.69) is 25.1 Å². The van der Waals surface area contributed by atoms with Crippen LogP contribution in [0.1, 0.15) is 6.92 Å². The normalized spacial score (nSPS) is 17.5. The number of aromatic nitrogens is 2. The van der Waals surface area contributed by atoms with Crippen LogP contribution in [-0.2, 0) is 9.53 Å². The zero-order chi connectivity index (χ0) is 15.1. The molecule has 1 aliphatic rings. The molecule has 0 spiro atoms. The number of piperazine rings is 1. The molecule has 0 bridgehead atoms. The third kappa shape index (κ3) is 4.95. The number of hydrogen-bond donors (Lipinski definition) is 1. The van der Waals surface area contributed by atoms with Crippen LogP contribution in [0.2, 0.25) is 0 Å². The summed E-state index contributed by atoms with van der Waals surface area (Å²) in [6.07, 6.45) is 3.50. The van der Waals surface area contributed by atoms with E-state index in [-0.39, 0.29) is 11.9 Å². The van der Waals surface area contributed by atoms with Crippen molar-refractivity contribution < 1.29 is 9.53 Å². The third-order valence-electron chi connectivity index (χ3n) is 3.40. The molecule has 1 aromatic rings. The van der Waals surface area contributed by atoms with Gasteiger partial charge in [-0.2, -0.15) is 0 Å². The van der Waals surface area contributed by atoms with Crippen molar-refractivity contribution in [3.05, 3.63) is 18.5 Å². The summed E-state index contributed by atoms with van der Waals surface area (Å²) in [6.45, 7) is 6.25. The molecule has 0 aromatic carbocycles. The van der Waals surface area contributed by atoms with Crippen molar-refractivity contribution in [1.29, 1.82) is 0 Å². The number of methoxy groups -OCH3 is 1. The molecule has 116 valence electrons. The lowest BCUT2D eigenvalue weighted by atomic mass is 10.3. The fraction of sp³-hybridized carbons (Fsp3) is 0.643. The van der Waals surface area contributed by atoms with Crippen LogP contribution in [0.3, 0.4) is 0 Å². The zero-order valence-corrected chi connectivity index (χ0v) is 12.7. The maximum Gasteiger partial charge on any atom is 0.234 e. The minimum Gasteiger partial charge on any atom is -0.383 e. The van der Waals surface area contributed by atoms with Crippen molar-refractivity contribution in [2.45, 2.75) is 13.0 Å². The Balaban J connectivity index is 1.73. The molecule has 7 heteroatoms. The first-order chi connectivity index (χ1) is 10.2. The van der Waals surface area contributed by atoms with E-state index < -0.39 is 0 Å². The molecule has 0 radical (unpaired) electrons. The van der Waals surface area contributed by atoms with Gasteiger partial charge < -0.3 is 15.0 Å². The lowest BCUT2D eigenvalue weighted by molar-refractivity contribution is -0.123. The first-order valence-electron chi connectivity index (χ1n) is 7.21. The number of carbonyl (C=O) groups excluding carboxylic acids is 1. The molecular formula is C14H23N5O2. The first-order valence-corrected chi connectivity index (χ1v) is 7.21. The SMILES string of the molecule is COCC(C)NC(=O)CN1CCN(c2ncccn2)CC1. The second kappa shape index (κ2) is 7.90. The van der Waals surface area contributed by atoms with E-state index in [1.165, 1.54) is 0 Å². The molecular weight excluding hydrogens is 270 g/mol. The van der Waals surface area contributed by atoms with Gasteiger partial charge in [-0.3, -0.25) is 9.69 Å². The summed E-state index contributed by atoms with van der Waals surface area (Å²) in [5, 5.41) is 2.93. The summed E-state index contributed by atoms with van der Waals surface area (Å²) in [5.41, 5.74) is 0. The highest BCUT2D eigenvalue weighted by Crippen LogP contribution is 2.09. The molecule has 1 fully saturated rings. The number of hydrogen-bond acceptors (Lipinski definition) is 6.